The van der Waals surface area contributed by atoms with E-state index >= 15 is 0 Å². The molecule has 3 amide bonds. The minimum atomic E-state index is -0.397. The zero-order valence-corrected chi connectivity index (χ0v) is 11.9. The van der Waals surface area contributed by atoms with Crippen molar-refractivity contribution in [3.63, 3.8) is 0 Å². The van der Waals surface area contributed by atoms with Crippen LogP contribution in [0.3, 0.4) is 0 Å². The molecule has 0 bridgehead atoms. The predicted molar refractivity (Wildman–Crippen MR) is 77.5 cm³/mol. The van der Waals surface area contributed by atoms with E-state index in [0.29, 0.717) is 10.6 Å². The van der Waals surface area contributed by atoms with Crippen molar-refractivity contribution in [1.29, 1.82) is 0 Å². The van der Waals surface area contributed by atoms with Gasteiger partial charge in [0, 0.05) is 16.6 Å². The highest BCUT2D eigenvalue weighted by Gasteiger charge is 2.15. The first-order chi connectivity index (χ1) is 9.65. The van der Waals surface area contributed by atoms with E-state index in [-0.39, 0.29) is 12.1 Å². The standard InChI is InChI=1S/C14H18ClN3O2/c15-11-6-4-5-10(9-11)13(19)17-18-14(20)16-12-7-2-1-3-8-12/h4-6,9,12H,1-3,7-8H2,(H,17,19)(H2,16,18,20). The number of hydrogen-bond acceptors (Lipinski definition) is 2. The molecule has 20 heavy (non-hydrogen) atoms. The Morgan fingerprint density at radius 2 is 1.85 bits per heavy atom. The van der Waals surface area contributed by atoms with Crippen LogP contribution in [0.2, 0.25) is 5.02 Å². The molecule has 2 rings (SSSR count). The lowest BCUT2D eigenvalue weighted by Crippen LogP contribution is -2.50. The van der Waals surface area contributed by atoms with E-state index in [1.807, 2.05) is 0 Å². The van der Waals surface area contributed by atoms with Crippen LogP contribution in [0.15, 0.2) is 24.3 Å². The molecule has 0 aliphatic heterocycles. The van der Waals surface area contributed by atoms with Gasteiger partial charge in [-0.25, -0.2) is 10.2 Å². The van der Waals surface area contributed by atoms with Gasteiger partial charge in [0.2, 0.25) is 0 Å². The Morgan fingerprint density at radius 1 is 1.10 bits per heavy atom. The van der Waals surface area contributed by atoms with Crippen LogP contribution in [0.1, 0.15) is 42.5 Å². The lowest BCUT2D eigenvalue weighted by molar-refractivity contribution is 0.0935. The van der Waals surface area contributed by atoms with Gasteiger partial charge in [0.1, 0.15) is 0 Å². The molecular formula is C14H18ClN3O2. The molecule has 0 radical (unpaired) electrons. The highest BCUT2D eigenvalue weighted by molar-refractivity contribution is 6.30. The van der Waals surface area contributed by atoms with Crippen molar-refractivity contribution in [3.8, 4) is 0 Å². The second kappa shape index (κ2) is 7.14. The molecule has 1 aliphatic carbocycles. The first-order valence-electron chi connectivity index (χ1n) is 6.77. The van der Waals surface area contributed by atoms with Crippen molar-refractivity contribution in [2.75, 3.05) is 0 Å². The minimum Gasteiger partial charge on any atom is -0.334 e. The maximum atomic E-state index is 11.8. The van der Waals surface area contributed by atoms with Crippen molar-refractivity contribution >= 4 is 23.5 Å². The van der Waals surface area contributed by atoms with Gasteiger partial charge in [-0.1, -0.05) is 36.9 Å². The molecule has 0 unspecified atom stereocenters. The number of benzene rings is 1. The van der Waals surface area contributed by atoms with Gasteiger partial charge in [-0.15, -0.1) is 0 Å². The minimum absolute atomic E-state index is 0.201. The molecule has 6 heteroatoms. The summed E-state index contributed by atoms with van der Waals surface area (Å²) in [5, 5.41) is 3.32. The lowest BCUT2D eigenvalue weighted by Gasteiger charge is -2.22. The van der Waals surface area contributed by atoms with E-state index in [9.17, 15) is 9.59 Å². The Balaban J connectivity index is 1.76. The van der Waals surface area contributed by atoms with Crippen LogP contribution in [0.4, 0.5) is 4.79 Å². The smallest absolute Gasteiger partial charge is 0.333 e. The van der Waals surface area contributed by atoms with E-state index in [1.165, 1.54) is 12.5 Å². The van der Waals surface area contributed by atoms with Crippen LogP contribution in [-0.2, 0) is 0 Å². The van der Waals surface area contributed by atoms with Crippen LogP contribution in [0, 0.1) is 0 Å². The van der Waals surface area contributed by atoms with E-state index < -0.39 is 5.91 Å². The Bertz CT molecular complexity index is 487. The van der Waals surface area contributed by atoms with Gasteiger partial charge >= 0.3 is 6.03 Å². The summed E-state index contributed by atoms with van der Waals surface area (Å²) in [5.41, 5.74) is 5.11. The van der Waals surface area contributed by atoms with Crippen LogP contribution in [-0.4, -0.2) is 18.0 Å². The number of rotatable bonds is 2. The highest BCUT2D eigenvalue weighted by Crippen LogP contribution is 2.17. The van der Waals surface area contributed by atoms with Crippen LogP contribution >= 0.6 is 11.6 Å². The summed E-state index contributed by atoms with van der Waals surface area (Å²) in [7, 11) is 0. The molecular weight excluding hydrogens is 278 g/mol. The molecule has 0 spiro atoms. The molecule has 0 atom stereocenters. The number of urea groups is 1. The predicted octanol–water partition coefficient (Wildman–Crippen LogP) is 2.62. The van der Waals surface area contributed by atoms with Gasteiger partial charge in [0.15, 0.2) is 0 Å². The number of hydrazine groups is 1. The molecule has 1 aromatic carbocycles. The quantitative estimate of drug-likeness (QED) is 0.734. The second-order valence-corrected chi connectivity index (χ2v) is 5.33. The Morgan fingerprint density at radius 3 is 2.55 bits per heavy atom. The van der Waals surface area contributed by atoms with Gasteiger partial charge < -0.3 is 5.32 Å². The van der Waals surface area contributed by atoms with E-state index in [2.05, 4.69) is 16.2 Å². The molecule has 5 nitrogen and oxygen atoms in total. The maximum absolute atomic E-state index is 11.8. The van der Waals surface area contributed by atoms with Crippen molar-refractivity contribution in [2.24, 2.45) is 0 Å². The summed E-state index contributed by atoms with van der Waals surface area (Å²) in [6, 6.07) is 6.35. The van der Waals surface area contributed by atoms with Gasteiger partial charge in [-0.2, -0.15) is 0 Å². The number of carbonyl (C=O) groups is 2. The van der Waals surface area contributed by atoms with Gasteiger partial charge in [0.05, 0.1) is 0 Å². The lowest BCUT2D eigenvalue weighted by atomic mass is 9.96. The second-order valence-electron chi connectivity index (χ2n) is 4.90. The number of carbonyl (C=O) groups excluding carboxylic acids is 2. The van der Waals surface area contributed by atoms with Crippen molar-refractivity contribution in [1.82, 2.24) is 16.2 Å². The zero-order chi connectivity index (χ0) is 14.4. The maximum Gasteiger partial charge on any atom is 0.333 e. The SMILES string of the molecule is O=C(NNC(=O)c1cccc(Cl)c1)NC1CCCCC1. The van der Waals surface area contributed by atoms with E-state index in [4.69, 9.17) is 11.6 Å². The molecule has 1 aromatic rings. The summed E-state index contributed by atoms with van der Waals surface area (Å²) >= 11 is 5.80. The van der Waals surface area contributed by atoms with Gasteiger partial charge in [-0.3, -0.25) is 10.2 Å². The molecule has 1 saturated carbocycles. The Kier molecular flexibility index (Phi) is 5.24. The van der Waals surface area contributed by atoms with Crippen LogP contribution < -0.4 is 16.2 Å². The average Bonchev–Trinajstić information content (AvgIpc) is 2.46. The van der Waals surface area contributed by atoms with Crippen LogP contribution in [0.25, 0.3) is 0 Å². The van der Waals surface area contributed by atoms with Crippen LogP contribution in [0.5, 0.6) is 0 Å². The topological polar surface area (TPSA) is 70.2 Å². The van der Waals surface area contributed by atoms with Gasteiger partial charge in [-0.05, 0) is 31.0 Å². The first kappa shape index (κ1) is 14.7. The van der Waals surface area contributed by atoms with E-state index in [0.717, 1.165) is 25.7 Å². The monoisotopic (exact) mass is 295 g/mol. The highest BCUT2D eigenvalue weighted by atomic mass is 35.5. The summed E-state index contributed by atoms with van der Waals surface area (Å²) in [5.74, 6) is -0.397. The average molecular weight is 296 g/mol. The fourth-order valence-corrected chi connectivity index (χ4v) is 2.47. The zero-order valence-electron chi connectivity index (χ0n) is 11.1. The van der Waals surface area contributed by atoms with Gasteiger partial charge in [0.25, 0.3) is 5.91 Å². The number of amides is 3. The summed E-state index contributed by atoms with van der Waals surface area (Å²) < 4.78 is 0. The molecule has 1 aliphatic rings. The third kappa shape index (κ3) is 4.42. The summed E-state index contributed by atoms with van der Waals surface area (Å²) in [6.45, 7) is 0. The largest absolute Gasteiger partial charge is 0.334 e. The number of hydrogen-bond donors (Lipinski definition) is 3. The third-order valence-corrected chi connectivity index (χ3v) is 3.55. The molecule has 108 valence electrons. The molecule has 0 aromatic heterocycles. The fraction of sp³-hybridized carbons (Fsp3) is 0.429. The van der Waals surface area contributed by atoms with Crippen molar-refractivity contribution in [2.45, 2.75) is 38.1 Å². The Hall–Kier alpha value is -1.75. The fourth-order valence-electron chi connectivity index (χ4n) is 2.28. The van der Waals surface area contributed by atoms with Crippen molar-refractivity contribution in [3.05, 3.63) is 34.9 Å². The summed E-state index contributed by atoms with van der Waals surface area (Å²) in [6.07, 6.45) is 5.50. The molecule has 0 saturated heterocycles. The Labute approximate surface area is 123 Å². The normalized spacial score (nSPS) is 15.4. The number of halogens is 1. The first-order valence-corrected chi connectivity index (χ1v) is 7.15. The molecule has 0 heterocycles. The number of nitrogens with one attached hydrogen (secondary N) is 3. The molecule has 1 fully saturated rings. The summed E-state index contributed by atoms with van der Waals surface area (Å²) in [4.78, 5) is 23.4. The van der Waals surface area contributed by atoms with E-state index in [1.54, 1.807) is 18.2 Å². The third-order valence-electron chi connectivity index (χ3n) is 3.32. The van der Waals surface area contributed by atoms with Crippen molar-refractivity contribution < 1.29 is 9.59 Å². The molecule has 3 N–H and O–H groups in total.